The Balaban J connectivity index is 1.58. The maximum absolute atomic E-state index is 12.5. The van der Waals surface area contributed by atoms with Crippen LogP contribution in [0.15, 0.2) is 23.3 Å². The number of ether oxygens (including phenoxy) is 3. The molecule has 2 aliphatic carbocycles. The van der Waals surface area contributed by atoms with E-state index in [9.17, 15) is 9.59 Å². The Labute approximate surface area is 173 Å². The van der Waals surface area contributed by atoms with Gasteiger partial charge < -0.3 is 14.2 Å². The molecule has 7 atom stereocenters. The highest BCUT2D eigenvalue weighted by Gasteiger charge is 2.67. The summed E-state index contributed by atoms with van der Waals surface area (Å²) >= 11 is 0. The van der Waals surface area contributed by atoms with Crippen LogP contribution in [-0.4, -0.2) is 36.4 Å². The van der Waals surface area contributed by atoms with Gasteiger partial charge in [-0.25, -0.2) is 9.59 Å². The Bertz CT molecular complexity index is 767. The topological polar surface area (TPSA) is 65.1 Å². The van der Waals surface area contributed by atoms with Crippen LogP contribution in [0, 0.1) is 23.2 Å². The standard InChI is InChI=1S/C24H34O5/c1-6-14(2)22(26)28-19-12-18-17(7-8-20-24(18,5)29-20)23(4,15(19)3)10-9-16-11-21(25)27-13-16/h6,11,15,17-20H,7-10,12-13H2,1-5H3/b14-6-/t15-,17+,18-,19+,20-,23-,24+/m1/s1. The predicted molar refractivity (Wildman–Crippen MR) is 109 cm³/mol. The zero-order valence-electron chi connectivity index (χ0n) is 18.3. The Morgan fingerprint density at radius 2 is 2.07 bits per heavy atom. The van der Waals surface area contributed by atoms with Crippen LogP contribution in [-0.2, 0) is 23.8 Å². The number of carbonyl (C=O) groups excluding carboxylic acids is 2. The number of esters is 2. The second-order valence-corrected chi connectivity index (χ2v) is 9.94. The molecule has 5 nitrogen and oxygen atoms in total. The van der Waals surface area contributed by atoms with Gasteiger partial charge in [-0.15, -0.1) is 0 Å². The molecule has 0 unspecified atom stereocenters. The van der Waals surface area contributed by atoms with Gasteiger partial charge in [-0.1, -0.05) is 19.9 Å². The van der Waals surface area contributed by atoms with Crippen LogP contribution in [0.4, 0.5) is 0 Å². The second-order valence-electron chi connectivity index (χ2n) is 9.94. The van der Waals surface area contributed by atoms with Gasteiger partial charge in [0.05, 0.1) is 11.7 Å². The Kier molecular flexibility index (Phi) is 5.17. The van der Waals surface area contributed by atoms with Crippen LogP contribution >= 0.6 is 0 Å². The van der Waals surface area contributed by atoms with Crippen molar-refractivity contribution in [1.82, 2.24) is 0 Å². The summed E-state index contributed by atoms with van der Waals surface area (Å²) in [7, 11) is 0. The fourth-order valence-corrected chi connectivity index (χ4v) is 6.18. The normalized spacial score (nSPS) is 43.8. The van der Waals surface area contributed by atoms with Crippen LogP contribution in [0.3, 0.4) is 0 Å². The predicted octanol–water partition coefficient (Wildman–Crippen LogP) is 4.36. The van der Waals surface area contributed by atoms with E-state index in [1.54, 1.807) is 6.08 Å². The third kappa shape index (κ3) is 3.45. The average Bonchev–Trinajstić information content (AvgIpc) is 3.22. The minimum absolute atomic E-state index is 0.0180. The zero-order valence-corrected chi connectivity index (χ0v) is 18.3. The molecule has 0 aromatic carbocycles. The molecule has 4 rings (SSSR count). The van der Waals surface area contributed by atoms with Crippen molar-refractivity contribution in [3.8, 4) is 0 Å². The Morgan fingerprint density at radius 3 is 2.72 bits per heavy atom. The van der Waals surface area contributed by atoms with E-state index in [0.29, 0.717) is 30.1 Å². The molecule has 0 bridgehead atoms. The number of rotatable bonds is 5. The highest BCUT2D eigenvalue weighted by molar-refractivity contribution is 5.87. The highest BCUT2D eigenvalue weighted by Crippen LogP contribution is 2.64. The smallest absolute Gasteiger partial charge is 0.333 e. The van der Waals surface area contributed by atoms with Gasteiger partial charge in [0, 0.05) is 11.6 Å². The van der Waals surface area contributed by atoms with Crippen LogP contribution in [0.1, 0.15) is 66.7 Å². The lowest BCUT2D eigenvalue weighted by Gasteiger charge is -2.55. The maximum Gasteiger partial charge on any atom is 0.333 e. The van der Waals surface area contributed by atoms with Gasteiger partial charge in [0.25, 0.3) is 0 Å². The van der Waals surface area contributed by atoms with Crippen molar-refractivity contribution >= 4 is 11.9 Å². The highest BCUT2D eigenvalue weighted by atomic mass is 16.6. The van der Waals surface area contributed by atoms with E-state index >= 15 is 0 Å². The van der Waals surface area contributed by atoms with Crippen molar-refractivity contribution in [3.05, 3.63) is 23.3 Å². The second kappa shape index (κ2) is 7.26. The van der Waals surface area contributed by atoms with E-state index in [1.807, 2.05) is 19.9 Å². The Hall–Kier alpha value is -1.62. The van der Waals surface area contributed by atoms with Crippen molar-refractivity contribution in [2.45, 2.75) is 84.5 Å². The molecule has 0 amide bonds. The van der Waals surface area contributed by atoms with E-state index in [2.05, 4.69) is 20.8 Å². The number of fused-ring (bicyclic) bond motifs is 3. The van der Waals surface area contributed by atoms with Gasteiger partial charge in [0.1, 0.15) is 12.7 Å². The summed E-state index contributed by atoms with van der Waals surface area (Å²) in [4.78, 5) is 24.0. The molecule has 2 saturated carbocycles. The fraction of sp³-hybridized carbons (Fsp3) is 0.750. The van der Waals surface area contributed by atoms with E-state index in [1.165, 1.54) is 0 Å². The molecule has 0 spiro atoms. The third-order valence-corrected chi connectivity index (χ3v) is 8.59. The van der Waals surface area contributed by atoms with Gasteiger partial charge in [0.15, 0.2) is 0 Å². The SMILES string of the molecule is C/C=C(/C)C(=O)O[C@H]1C[C@@H]2[C@H](CC[C@H]3O[C@@]23C)[C@](C)(CCC2=CC(=O)OC2)[C@@H]1C. The van der Waals surface area contributed by atoms with Gasteiger partial charge in [-0.05, 0) is 81.6 Å². The van der Waals surface area contributed by atoms with Crippen LogP contribution in [0.5, 0.6) is 0 Å². The zero-order chi connectivity index (χ0) is 21.0. The number of epoxide rings is 1. The molecular weight excluding hydrogens is 368 g/mol. The van der Waals surface area contributed by atoms with Crippen LogP contribution in [0.2, 0.25) is 0 Å². The number of hydrogen-bond donors (Lipinski definition) is 0. The molecule has 1 saturated heterocycles. The average molecular weight is 403 g/mol. The summed E-state index contributed by atoms with van der Waals surface area (Å²) < 4.78 is 17.3. The molecule has 4 aliphatic rings. The summed E-state index contributed by atoms with van der Waals surface area (Å²) in [6.45, 7) is 10.9. The first-order valence-electron chi connectivity index (χ1n) is 11.1. The molecular formula is C24H34O5. The van der Waals surface area contributed by atoms with Gasteiger partial charge >= 0.3 is 11.9 Å². The van der Waals surface area contributed by atoms with Gasteiger partial charge in [-0.3, -0.25) is 0 Å². The summed E-state index contributed by atoms with van der Waals surface area (Å²) in [5.41, 5.74) is 1.68. The molecule has 2 aliphatic heterocycles. The van der Waals surface area contributed by atoms with E-state index in [0.717, 1.165) is 37.7 Å². The summed E-state index contributed by atoms with van der Waals surface area (Å²) in [6, 6.07) is 0. The molecule has 0 aromatic heterocycles. The van der Waals surface area contributed by atoms with Crippen LogP contribution < -0.4 is 0 Å². The first-order chi connectivity index (χ1) is 13.7. The van der Waals surface area contributed by atoms with E-state index in [4.69, 9.17) is 14.2 Å². The van der Waals surface area contributed by atoms with Gasteiger partial charge in [-0.2, -0.15) is 0 Å². The fourth-order valence-electron chi connectivity index (χ4n) is 6.18. The van der Waals surface area contributed by atoms with Crippen molar-refractivity contribution < 1.29 is 23.8 Å². The summed E-state index contributed by atoms with van der Waals surface area (Å²) in [5, 5.41) is 0. The van der Waals surface area contributed by atoms with Crippen molar-refractivity contribution in [3.63, 3.8) is 0 Å². The first-order valence-corrected chi connectivity index (χ1v) is 11.1. The number of hydrogen-bond acceptors (Lipinski definition) is 5. The quantitative estimate of drug-likeness (QED) is 0.388. The molecule has 160 valence electrons. The molecule has 0 N–H and O–H groups in total. The van der Waals surface area contributed by atoms with E-state index < -0.39 is 0 Å². The van der Waals surface area contributed by atoms with Crippen molar-refractivity contribution in [1.29, 1.82) is 0 Å². The molecule has 2 heterocycles. The lowest BCUT2D eigenvalue weighted by Crippen LogP contribution is -2.55. The molecule has 5 heteroatoms. The Morgan fingerprint density at radius 1 is 1.31 bits per heavy atom. The third-order valence-electron chi connectivity index (χ3n) is 8.59. The largest absolute Gasteiger partial charge is 0.459 e. The minimum Gasteiger partial charge on any atom is -0.459 e. The van der Waals surface area contributed by atoms with Crippen molar-refractivity contribution in [2.24, 2.45) is 23.2 Å². The monoisotopic (exact) mass is 402 g/mol. The van der Waals surface area contributed by atoms with Crippen molar-refractivity contribution in [2.75, 3.05) is 6.61 Å². The number of carbonyl (C=O) groups is 2. The lowest BCUT2D eigenvalue weighted by molar-refractivity contribution is -0.165. The minimum atomic E-state index is -0.229. The molecule has 0 radical (unpaired) electrons. The molecule has 29 heavy (non-hydrogen) atoms. The molecule has 0 aromatic rings. The summed E-state index contributed by atoms with van der Waals surface area (Å²) in [6.07, 6.45) is 8.67. The summed E-state index contributed by atoms with van der Waals surface area (Å²) in [5.74, 6) is 0.749. The maximum atomic E-state index is 12.5. The first kappa shape index (κ1) is 20.6. The lowest BCUT2D eigenvalue weighted by atomic mass is 9.50. The van der Waals surface area contributed by atoms with Gasteiger partial charge in [0.2, 0.25) is 0 Å². The van der Waals surface area contributed by atoms with E-state index in [-0.39, 0.29) is 35.0 Å². The number of cyclic esters (lactones) is 1. The molecule has 3 fully saturated rings. The number of allylic oxidation sites excluding steroid dienone is 1. The van der Waals surface area contributed by atoms with Crippen LogP contribution in [0.25, 0.3) is 0 Å².